The fourth-order valence-corrected chi connectivity index (χ4v) is 8.91. The van der Waals surface area contributed by atoms with Gasteiger partial charge >= 0.3 is 0 Å². The maximum atomic E-state index is 4.66. The zero-order chi connectivity index (χ0) is 38.2. The first-order valence-electron chi connectivity index (χ1n) is 19.5. The Hall–Kier alpha value is -7.36. The average Bonchev–Trinajstić information content (AvgIpc) is 3.59. The molecule has 1 aliphatic carbocycles. The molecule has 57 heavy (non-hydrogen) atoms. The van der Waals surface area contributed by atoms with Gasteiger partial charge in [-0.25, -0.2) is 0 Å². The van der Waals surface area contributed by atoms with Gasteiger partial charge in [-0.15, -0.1) is 0 Å². The second-order valence-corrected chi connectivity index (χ2v) is 14.6. The predicted octanol–water partition coefficient (Wildman–Crippen LogP) is 13.6. The van der Waals surface area contributed by atoms with E-state index < -0.39 is 5.41 Å². The van der Waals surface area contributed by atoms with Gasteiger partial charge in [0.1, 0.15) is 0 Å². The van der Waals surface area contributed by atoms with Crippen molar-refractivity contribution in [1.29, 1.82) is 0 Å². The number of aromatic nitrogens is 2. The Labute approximate surface area is 334 Å². The van der Waals surface area contributed by atoms with Gasteiger partial charge in [0, 0.05) is 41.8 Å². The maximum Gasteiger partial charge on any atom is 0.0744 e. The van der Waals surface area contributed by atoms with E-state index in [1.54, 1.807) is 0 Å². The summed E-state index contributed by atoms with van der Waals surface area (Å²) in [5, 5.41) is 0. The second-order valence-electron chi connectivity index (χ2n) is 14.6. The molecule has 0 amide bonds. The molecule has 270 valence electrons. The van der Waals surface area contributed by atoms with Gasteiger partial charge in [-0.2, -0.15) is 0 Å². The Morgan fingerprint density at radius 3 is 1.44 bits per heavy atom. The van der Waals surface area contributed by atoms with Crippen molar-refractivity contribution in [3.63, 3.8) is 0 Å². The molecule has 0 atom stereocenters. The van der Waals surface area contributed by atoms with E-state index in [0.29, 0.717) is 0 Å². The molecule has 3 heteroatoms. The van der Waals surface area contributed by atoms with Crippen LogP contribution in [0.15, 0.2) is 219 Å². The van der Waals surface area contributed by atoms with Crippen molar-refractivity contribution < 1.29 is 0 Å². The largest absolute Gasteiger partial charge is 0.310 e. The van der Waals surface area contributed by atoms with E-state index in [9.17, 15) is 0 Å². The number of hydrogen-bond acceptors (Lipinski definition) is 3. The molecule has 2 heterocycles. The Morgan fingerprint density at radius 2 is 0.842 bits per heavy atom. The molecule has 7 aromatic carbocycles. The minimum Gasteiger partial charge on any atom is -0.310 e. The molecule has 0 saturated carbocycles. The molecule has 0 fully saturated rings. The molecule has 0 bridgehead atoms. The molecule has 0 saturated heterocycles. The molecule has 1 aliphatic rings. The number of pyridine rings is 2. The summed E-state index contributed by atoms with van der Waals surface area (Å²) in [5.74, 6) is 0. The topological polar surface area (TPSA) is 29.0 Å². The van der Waals surface area contributed by atoms with E-state index in [2.05, 4.69) is 204 Å². The van der Waals surface area contributed by atoms with Gasteiger partial charge in [0.15, 0.2) is 0 Å². The highest BCUT2D eigenvalue weighted by Gasteiger charge is 2.46. The number of anilines is 3. The Kier molecular flexibility index (Phi) is 8.61. The number of hydrogen-bond donors (Lipinski definition) is 0. The third kappa shape index (κ3) is 5.84. The van der Waals surface area contributed by atoms with Crippen LogP contribution in [0.1, 0.15) is 27.8 Å². The lowest BCUT2D eigenvalue weighted by molar-refractivity contribution is 0.757. The average molecular weight is 730 g/mol. The first-order valence-corrected chi connectivity index (χ1v) is 19.5. The van der Waals surface area contributed by atoms with Crippen LogP contribution in [0, 0.1) is 6.92 Å². The van der Waals surface area contributed by atoms with Crippen molar-refractivity contribution in [1.82, 2.24) is 9.97 Å². The van der Waals surface area contributed by atoms with E-state index in [0.717, 1.165) is 28.2 Å². The van der Waals surface area contributed by atoms with E-state index in [1.165, 1.54) is 61.2 Å². The summed E-state index contributed by atoms with van der Waals surface area (Å²) in [6, 6.07) is 70.0. The highest BCUT2D eigenvalue weighted by atomic mass is 15.1. The molecule has 0 aliphatic heterocycles. The van der Waals surface area contributed by atoms with Crippen molar-refractivity contribution in [2.75, 3.05) is 4.90 Å². The summed E-state index contributed by atoms with van der Waals surface area (Å²) >= 11 is 0. The van der Waals surface area contributed by atoms with Crippen LogP contribution in [0.25, 0.3) is 44.5 Å². The highest BCUT2D eigenvalue weighted by molar-refractivity contribution is 5.90. The first kappa shape index (κ1) is 34.2. The van der Waals surface area contributed by atoms with Crippen LogP contribution in [-0.4, -0.2) is 9.97 Å². The summed E-state index contributed by atoms with van der Waals surface area (Å²) in [5.41, 5.74) is 18.2. The Morgan fingerprint density at radius 1 is 0.368 bits per heavy atom. The van der Waals surface area contributed by atoms with Crippen LogP contribution >= 0.6 is 0 Å². The molecule has 0 N–H and O–H groups in total. The monoisotopic (exact) mass is 729 g/mol. The molecule has 0 unspecified atom stereocenters. The van der Waals surface area contributed by atoms with Crippen molar-refractivity contribution in [3.05, 3.63) is 247 Å². The quantitative estimate of drug-likeness (QED) is 0.156. The normalized spacial score (nSPS) is 12.4. The molecule has 0 spiro atoms. The third-order valence-corrected chi connectivity index (χ3v) is 11.6. The summed E-state index contributed by atoms with van der Waals surface area (Å²) in [7, 11) is 0. The van der Waals surface area contributed by atoms with Gasteiger partial charge in [0.05, 0.1) is 5.41 Å². The summed E-state index contributed by atoms with van der Waals surface area (Å²) < 4.78 is 0. The van der Waals surface area contributed by atoms with Crippen LogP contribution in [0.2, 0.25) is 0 Å². The second kappa shape index (κ2) is 14.4. The minimum absolute atomic E-state index is 0.613. The third-order valence-electron chi connectivity index (χ3n) is 11.6. The number of nitrogens with zero attached hydrogens (tertiary/aromatic N) is 3. The standard InChI is InChI=1S/C54H39N3/c1-38-48(41-15-6-3-7-16-41)20-10-21-49(38)42-25-29-46(30-26-42)57(45-27-23-40(24-28-45)39-13-4-2-5-14-39)47-31-32-51-50-19-8-9-22-52(50)54(53(51)35-47,43-17-11-33-55-36-43)44-18-12-34-56-37-44/h2-37H,1H3. The zero-order valence-electron chi connectivity index (χ0n) is 31.6. The van der Waals surface area contributed by atoms with Gasteiger partial charge in [0.25, 0.3) is 0 Å². The van der Waals surface area contributed by atoms with Crippen LogP contribution in [-0.2, 0) is 5.41 Å². The lowest BCUT2D eigenvalue weighted by atomic mass is 9.68. The van der Waals surface area contributed by atoms with Gasteiger partial charge in [-0.05, 0) is 128 Å². The summed E-state index contributed by atoms with van der Waals surface area (Å²) in [6.45, 7) is 2.23. The lowest BCUT2D eigenvalue weighted by Crippen LogP contribution is -2.29. The van der Waals surface area contributed by atoms with Crippen LogP contribution in [0.3, 0.4) is 0 Å². The fraction of sp³-hybridized carbons (Fsp3) is 0.0370. The number of fused-ring (bicyclic) bond motifs is 3. The van der Waals surface area contributed by atoms with E-state index in [4.69, 9.17) is 0 Å². The number of rotatable bonds is 8. The van der Waals surface area contributed by atoms with E-state index in [-0.39, 0.29) is 0 Å². The molecule has 9 aromatic rings. The van der Waals surface area contributed by atoms with E-state index >= 15 is 0 Å². The molecule has 3 nitrogen and oxygen atoms in total. The van der Waals surface area contributed by atoms with Gasteiger partial charge in [-0.1, -0.05) is 146 Å². The SMILES string of the molecule is Cc1c(-c2ccccc2)cccc1-c1ccc(N(c2ccc(-c3ccccc3)cc2)c2ccc3c(c2)C(c2cccnc2)(c2cccnc2)c2ccccc2-3)cc1. The molecule has 0 radical (unpaired) electrons. The summed E-state index contributed by atoms with van der Waals surface area (Å²) in [4.78, 5) is 11.7. The van der Waals surface area contributed by atoms with E-state index in [1.807, 2.05) is 36.9 Å². The predicted molar refractivity (Wildman–Crippen MR) is 235 cm³/mol. The van der Waals surface area contributed by atoms with Crippen LogP contribution in [0.4, 0.5) is 17.1 Å². The first-order chi connectivity index (χ1) is 28.2. The molecular weight excluding hydrogens is 691 g/mol. The highest BCUT2D eigenvalue weighted by Crippen LogP contribution is 2.57. The molecule has 2 aromatic heterocycles. The van der Waals surface area contributed by atoms with Crippen molar-refractivity contribution in [3.8, 4) is 44.5 Å². The van der Waals surface area contributed by atoms with Crippen LogP contribution < -0.4 is 4.90 Å². The Balaban J connectivity index is 1.15. The minimum atomic E-state index is -0.613. The van der Waals surface area contributed by atoms with Gasteiger partial charge in [0.2, 0.25) is 0 Å². The smallest absolute Gasteiger partial charge is 0.0744 e. The van der Waals surface area contributed by atoms with Crippen molar-refractivity contribution in [2.45, 2.75) is 12.3 Å². The van der Waals surface area contributed by atoms with Gasteiger partial charge < -0.3 is 4.90 Å². The molecule has 10 rings (SSSR count). The van der Waals surface area contributed by atoms with Crippen molar-refractivity contribution >= 4 is 17.1 Å². The number of benzene rings is 7. The Bertz CT molecular complexity index is 2780. The van der Waals surface area contributed by atoms with Crippen molar-refractivity contribution in [2.24, 2.45) is 0 Å². The zero-order valence-corrected chi connectivity index (χ0v) is 31.6. The van der Waals surface area contributed by atoms with Gasteiger partial charge in [-0.3, -0.25) is 9.97 Å². The lowest BCUT2D eigenvalue weighted by Gasteiger charge is -2.34. The summed E-state index contributed by atoms with van der Waals surface area (Å²) in [6.07, 6.45) is 7.73. The maximum absolute atomic E-state index is 4.66. The fourth-order valence-electron chi connectivity index (χ4n) is 8.91. The molecular formula is C54H39N3. The van der Waals surface area contributed by atoms with Crippen LogP contribution in [0.5, 0.6) is 0 Å².